The van der Waals surface area contributed by atoms with Crippen molar-refractivity contribution in [2.75, 3.05) is 13.1 Å². The highest BCUT2D eigenvalue weighted by Crippen LogP contribution is 2.35. The first-order chi connectivity index (χ1) is 14.1. The number of amides is 2. The number of benzene rings is 3. The zero-order valence-electron chi connectivity index (χ0n) is 15.7. The summed E-state index contributed by atoms with van der Waals surface area (Å²) in [5.41, 5.74) is 1.12. The predicted molar refractivity (Wildman–Crippen MR) is 115 cm³/mol. The van der Waals surface area contributed by atoms with Crippen molar-refractivity contribution in [1.29, 1.82) is 0 Å². The van der Waals surface area contributed by atoms with Gasteiger partial charge in [0.2, 0.25) is 5.91 Å². The summed E-state index contributed by atoms with van der Waals surface area (Å²) in [4.78, 5) is 26.0. The molecule has 0 aromatic heterocycles. The fourth-order valence-corrected chi connectivity index (χ4v) is 3.82. The molecular weight excluding hydrogens is 384 g/mol. The summed E-state index contributed by atoms with van der Waals surface area (Å²) in [6.07, 6.45) is 0. The van der Waals surface area contributed by atoms with Crippen molar-refractivity contribution >= 4 is 23.6 Å². The number of para-hydroxylation sites is 1. The molecule has 0 spiro atoms. The van der Waals surface area contributed by atoms with Crippen LogP contribution in [0.15, 0.2) is 89.8 Å². The van der Waals surface area contributed by atoms with E-state index in [1.165, 1.54) is 17.8 Å². The van der Waals surface area contributed by atoms with Crippen LogP contribution in [0.1, 0.15) is 21.2 Å². The molecule has 3 aromatic carbocycles. The van der Waals surface area contributed by atoms with Crippen LogP contribution in [0, 0.1) is 0 Å². The van der Waals surface area contributed by atoms with Gasteiger partial charge < -0.3 is 15.7 Å². The van der Waals surface area contributed by atoms with Gasteiger partial charge in [-0.25, -0.2) is 0 Å². The molecule has 3 N–H and O–H groups in total. The summed E-state index contributed by atoms with van der Waals surface area (Å²) in [7, 11) is 0. The van der Waals surface area contributed by atoms with E-state index in [0.29, 0.717) is 0 Å². The van der Waals surface area contributed by atoms with E-state index >= 15 is 0 Å². The molecule has 29 heavy (non-hydrogen) atoms. The first kappa shape index (κ1) is 20.5. The molecule has 0 bridgehead atoms. The molecule has 0 saturated heterocycles. The lowest BCUT2D eigenvalue weighted by molar-refractivity contribution is -0.120. The predicted octanol–water partition coefficient (Wildman–Crippen LogP) is 3.77. The van der Waals surface area contributed by atoms with Crippen LogP contribution >= 0.6 is 11.8 Å². The molecule has 0 heterocycles. The zero-order valence-corrected chi connectivity index (χ0v) is 16.6. The molecule has 0 fully saturated rings. The number of thioether (sulfide) groups is 1. The molecule has 5 nitrogen and oxygen atoms in total. The minimum Gasteiger partial charge on any atom is -0.507 e. The van der Waals surface area contributed by atoms with E-state index in [1.54, 1.807) is 18.2 Å². The molecule has 0 aliphatic carbocycles. The molecule has 1 unspecified atom stereocenters. The molecule has 0 saturated carbocycles. The Morgan fingerprint density at radius 3 is 2.07 bits per heavy atom. The third kappa shape index (κ3) is 5.86. The van der Waals surface area contributed by atoms with Gasteiger partial charge in [0, 0.05) is 18.0 Å². The maximum Gasteiger partial charge on any atom is 0.255 e. The maximum absolute atomic E-state index is 12.8. The van der Waals surface area contributed by atoms with E-state index in [-0.39, 0.29) is 36.2 Å². The largest absolute Gasteiger partial charge is 0.507 e. The summed E-state index contributed by atoms with van der Waals surface area (Å²) in [5, 5.41) is 14.9. The lowest BCUT2D eigenvalue weighted by atomic mass is 10.1. The van der Waals surface area contributed by atoms with Crippen molar-refractivity contribution < 1.29 is 14.7 Å². The number of phenolic OH excluding ortho intramolecular Hbond substituents is 1. The Morgan fingerprint density at radius 1 is 0.793 bits per heavy atom. The molecule has 1 atom stereocenters. The number of hydrogen-bond acceptors (Lipinski definition) is 4. The van der Waals surface area contributed by atoms with Crippen molar-refractivity contribution in [3.8, 4) is 5.75 Å². The van der Waals surface area contributed by atoms with Crippen LogP contribution in [0.25, 0.3) is 0 Å². The molecule has 3 rings (SSSR count). The van der Waals surface area contributed by atoms with Gasteiger partial charge in [0.05, 0.1) is 5.56 Å². The number of nitrogens with one attached hydrogen (secondary N) is 2. The smallest absolute Gasteiger partial charge is 0.255 e. The second-order valence-electron chi connectivity index (χ2n) is 6.29. The summed E-state index contributed by atoms with van der Waals surface area (Å²) in [5.74, 6) is -0.574. The Hall–Kier alpha value is -3.25. The van der Waals surface area contributed by atoms with Crippen molar-refractivity contribution in [3.05, 3.63) is 96.1 Å². The number of hydrogen-bond donors (Lipinski definition) is 3. The lowest BCUT2D eigenvalue weighted by Gasteiger charge is -2.17. The van der Waals surface area contributed by atoms with Crippen molar-refractivity contribution in [2.45, 2.75) is 10.1 Å². The highest BCUT2D eigenvalue weighted by Gasteiger charge is 2.21. The monoisotopic (exact) mass is 406 g/mol. The van der Waals surface area contributed by atoms with E-state index in [0.717, 1.165) is 10.5 Å². The second-order valence-corrected chi connectivity index (χ2v) is 7.46. The average Bonchev–Trinajstić information content (AvgIpc) is 2.76. The molecule has 3 aromatic rings. The Balaban J connectivity index is 1.57. The van der Waals surface area contributed by atoms with Gasteiger partial charge in [-0.1, -0.05) is 60.7 Å². The summed E-state index contributed by atoms with van der Waals surface area (Å²) < 4.78 is 0. The van der Waals surface area contributed by atoms with Crippen LogP contribution in [-0.2, 0) is 4.79 Å². The van der Waals surface area contributed by atoms with Gasteiger partial charge in [-0.3, -0.25) is 9.59 Å². The van der Waals surface area contributed by atoms with Gasteiger partial charge in [0.25, 0.3) is 5.91 Å². The third-order valence-corrected chi connectivity index (χ3v) is 5.46. The van der Waals surface area contributed by atoms with Crippen molar-refractivity contribution in [1.82, 2.24) is 10.6 Å². The lowest BCUT2D eigenvalue weighted by Crippen LogP contribution is -2.36. The summed E-state index contributed by atoms with van der Waals surface area (Å²) >= 11 is 1.48. The molecule has 6 heteroatoms. The van der Waals surface area contributed by atoms with E-state index in [2.05, 4.69) is 10.6 Å². The molecule has 0 radical (unpaired) electrons. The van der Waals surface area contributed by atoms with Crippen LogP contribution in [0.2, 0.25) is 0 Å². The summed E-state index contributed by atoms with van der Waals surface area (Å²) in [6, 6.07) is 25.7. The van der Waals surface area contributed by atoms with Crippen molar-refractivity contribution in [2.24, 2.45) is 0 Å². The van der Waals surface area contributed by atoms with Gasteiger partial charge in [-0.15, -0.1) is 11.8 Å². The van der Waals surface area contributed by atoms with Crippen LogP contribution < -0.4 is 10.6 Å². The molecule has 0 aliphatic heterocycles. The van der Waals surface area contributed by atoms with Crippen LogP contribution in [0.4, 0.5) is 0 Å². The standard InChI is InChI=1S/C23H22N2O3S/c26-20-14-8-7-13-19(20)22(27)24-15-16-25-23(28)21(17-9-3-1-4-10-17)29-18-11-5-2-6-12-18/h1-14,21,26H,15-16H2,(H,24,27)(H,25,28). The first-order valence-electron chi connectivity index (χ1n) is 9.25. The SMILES string of the molecule is O=C(NCCNC(=O)C(Sc1ccccc1)c1ccccc1)c1ccccc1O. The number of phenols is 1. The Bertz CT molecular complexity index is 949. The van der Waals surface area contributed by atoms with Gasteiger partial charge in [0.15, 0.2) is 0 Å². The van der Waals surface area contributed by atoms with E-state index in [4.69, 9.17) is 0 Å². The highest BCUT2D eigenvalue weighted by atomic mass is 32.2. The second kappa shape index (κ2) is 10.3. The number of aromatic hydroxyl groups is 1. The Morgan fingerprint density at radius 2 is 1.38 bits per heavy atom. The van der Waals surface area contributed by atoms with E-state index in [9.17, 15) is 14.7 Å². The first-order valence-corrected chi connectivity index (χ1v) is 10.1. The van der Waals surface area contributed by atoms with Crippen LogP contribution in [0.3, 0.4) is 0 Å². The fourth-order valence-electron chi connectivity index (χ4n) is 2.75. The third-order valence-electron chi connectivity index (χ3n) is 4.20. The maximum atomic E-state index is 12.8. The minimum atomic E-state index is -0.396. The fraction of sp³-hybridized carbons (Fsp3) is 0.130. The van der Waals surface area contributed by atoms with Crippen molar-refractivity contribution in [3.63, 3.8) is 0 Å². The van der Waals surface area contributed by atoms with Gasteiger partial charge in [-0.2, -0.15) is 0 Å². The number of carbonyl (C=O) groups excluding carboxylic acids is 2. The minimum absolute atomic E-state index is 0.0718. The number of carbonyl (C=O) groups is 2. The topological polar surface area (TPSA) is 78.4 Å². The average molecular weight is 407 g/mol. The van der Waals surface area contributed by atoms with Crippen LogP contribution in [0.5, 0.6) is 5.75 Å². The van der Waals surface area contributed by atoms with Gasteiger partial charge >= 0.3 is 0 Å². The molecule has 2 amide bonds. The summed E-state index contributed by atoms with van der Waals surface area (Å²) in [6.45, 7) is 0.549. The molecule has 148 valence electrons. The zero-order chi connectivity index (χ0) is 20.5. The molecular formula is C23H22N2O3S. The van der Waals surface area contributed by atoms with Gasteiger partial charge in [-0.05, 0) is 29.8 Å². The highest BCUT2D eigenvalue weighted by molar-refractivity contribution is 8.00. The normalized spacial score (nSPS) is 11.4. The van der Waals surface area contributed by atoms with E-state index in [1.807, 2.05) is 60.7 Å². The quantitative estimate of drug-likeness (QED) is 0.393. The molecule has 0 aliphatic rings. The van der Waals surface area contributed by atoms with E-state index < -0.39 is 5.25 Å². The van der Waals surface area contributed by atoms with Gasteiger partial charge in [0.1, 0.15) is 11.0 Å². The van der Waals surface area contributed by atoms with Crippen LogP contribution in [-0.4, -0.2) is 30.0 Å². The Kier molecular flexibility index (Phi) is 7.30. The number of rotatable bonds is 8. The Labute approximate surface area is 174 Å².